The highest BCUT2D eigenvalue weighted by Crippen LogP contribution is 2.29. The maximum atomic E-state index is 11.0. The summed E-state index contributed by atoms with van der Waals surface area (Å²) in [5.74, 6) is -0.608. The zero-order valence-electron chi connectivity index (χ0n) is 9.41. The van der Waals surface area contributed by atoms with Gasteiger partial charge >= 0.3 is 5.97 Å². The molecule has 4 heteroatoms. The molecule has 84 valence electrons. The lowest BCUT2D eigenvalue weighted by Crippen LogP contribution is -2.03. The van der Waals surface area contributed by atoms with Crippen LogP contribution >= 0.6 is 11.3 Å². The number of carboxylic acid groups (broad SMARTS) is 1. The first-order valence-electron chi connectivity index (χ1n) is 5.33. The number of rotatable bonds is 5. The molecule has 0 aliphatic carbocycles. The Morgan fingerprint density at radius 3 is 2.67 bits per heavy atom. The molecule has 0 amide bonds. The Labute approximate surface area is 94.2 Å². The van der Waals surface area contributed by atoms with Crippen molar-refractivity contribution < 1.29 is 9.90 Å². The molecule has 0 radical (unpaired) electrons. The molecule has 0 spiro atoms. The summed E-state index contributed by atoms with van der Waals surface area (Å²) >= 11 is 1.55. The van der Waals surface area contributed by atoms with Crippen molar-refractivity contribution in [3.8, 4) is 0 Å². The van der Waals surface area contributed by atoms with Crippen molar-refractivity contribution in [2.45, 2.75) is 46.0 Å². The number of hydrogen-bond donors (Lipinski definition) is 1. The van der Waals surface area contributed by atoms with Gasteiger partial charge in [0.1, 0.15) is 0 Å². The lowest BCUT2D eigenvalue weighted by molar-refractivity contribution is 0.0689. The molecule has 3 nitrogen and oxygen atoms in total. The fourth-order valence-corrected chi connectivity index (χ4v) is 2.67. The van der Waals surface area contributed by atoms with Crippen LogP contribution in [0.4, 0.5) is 0 Å². The number of carbonyl (C=O) groups is 1. The van der Waals surface area contributed by atoms with E-state index in [0.717, 1.165) is 29.1 Å². The summed E-state index contributed by atoms with van der Waals surface area (Å²) in [4.78, 5) is 16.1. The Morgan fingerprint density at radius 2 is 2.20 bits per heavy atom. The maximum Gasteiger partial charge on any atom is 0.355 e. The van der Waals surface area contributed by atoms with Crippen LogP contribution in [0.25, 0.3) is 0 Å². The molecule has 0 aromatic carbocycles. The Morgan fingerprint density at radius 1 is 1.53 bits per heavy atom. The Kier molecular flexibility index (Phi) is 4.27. The van der Waals surface area contributed by atoms with Crippen LogP contribution in [0, 0.1) is 0 Å². The quantitative estimate of drug-likeness (QED) is 0.839. The second-order valence-corrected chi connectivity index (χ2v) is 4.80. The molecular formula is C11H17NO2S. The highest BCUT2D eigenvalue weighted by molar-refractivity contribution is 7.12. The van der Waals surface area contributed by atoms with Gasteiger partial charge in [-0.05, 0) is 25.2 Å². The van der Waals surface area contributed by atoms with E-state index < -0.39 is 5.97 Å². The van der Waals surface area contributed by atoms with Crippen LogP contribution in [0.1, 0.15) is 59.9 Å². The van der Waals surface area contributed by atoms with Crippen molar-refractivity contribution >= 4 is 17.3 Å². The van der Waals surface area contributed by atoms with E-state index in [9.17, 15) is 4.79 Å². The number of aromatic carboxylic acids is 1. The summed E-state index contributed by atoms with van der Waals surface area (Å²) < 4.78 is 0. The fraction of sp³-hybridized carbons (Fsp3) is 0.636. The van der Waals surface area contributed by atoms with E-state index in [4.69, 9.17) is 5.11 Å². The van der Waals surface area contributed by atoms with Gasteiger partial charge in [0.2, 0.25) is 0 Å². The summed E-state index contributed by atoms with van der Waals surface area (Å²) in [6, 6.07) is 0. The minimum absolute atomic E-state index is 0.262. The predicted molar refractivity (Wildman–Crippen MR) is 61.8 cm³/mol. The van der Waals surface area contributed by atoms with Crippen molar-refractivity contribution in [1.82, 2.24) is 4.98 Å². The highest BCUT2D eigenvalue weighted by atomic mass is 32.1. The zero-order chi connectivity index (χ0) is 11.4. The molecule has 1 N–H and O–H groups in total. The van der Waals surface area contributed by atoms with Gasteiger partial charge in [-0.1, -0.05) is 20.8 Å². The average molecular weight is 227 g/mol. The van der Waals surface area contributed by atoms with E-state index in [1.807, 2.05) is 0 Å². The molecule has 1 rings (SSSR count). The monoisotopic (exact) mass is 227 g/mol. The van der Waals surface area contributed by atoms with Crippen LogP contribution in [0.5, 0.6) is 0 Å². The van der Waals surface area contributed by atoms with Crippen molar-refractivity contribution in [3.63, 3.8) is 0 Å². The molecule has 0 bridgehead atoms. The molecule has 0 fully saturated rings. The summed E-state index contributed by atoms with van der Waals surface area (Å²) in [6.07, 6.45) is 2.84. The Balaban J connectivity index is 3.05. The number of aromatic nitrogens is 1. The second-order valence-electron chi connectivity index (χ2n) is 3.68. The van der Waals surface area contributed by atoms with E-state index in [1.165, 1.54) is 0 Å². The third-order valence-electron chi connectivity index (χ3n) is 2.42. The second kappa shape index (κ2) is 5.26. The van der Waals surface area contributed by atoms with E-state index in [1.54, 1.807) is 11.3 Å². The average Bonchev–Trinajstić information content (AvgIpc) is 2.61. The standard InChI is InChI=1S/C11H17NO2S/c1-4-6-8-12-9(11(13)14)10(15-8)7(3)5-2/h7H,4-6H2,1-3H3,(H,13,14). The first-order valence-corrected chi connectivity index (χ1v) is 6.14. The molecule has 0 aliphatic heterocycles. The van der Waals surface area contributed by atoms with Gasteiger partial charge in [0.15, 0.2) is 5.69 Å². The third kappa shape index (κ3) is 2.78. The van der Waals surface area contributed by atoms with Gasteiger partial charge < -0.3 is 5.11 Å². The van der Waals surface area contributed by atoms with Crippen LogP contribution in [-0.2, 0) is 6.42 Å². The number of hydrogen-bond acceptors (Lipinski definition) is 3. The summed E-state index contributed by atoms with van der Waals surface area (Å²) in [7, 11) is 0. The molecule has 1 aromatic rings. The van der Waals surface area contributed by atoms with E-state index in [-0.39, 0.29) is 5.69 Å². The van der Waals surface area contributed by atoms with Gasteiger partial charge in [0.25, 0.3) is 0 Å². The number of aryl methyl sites for hydroxylation is 1. The molecule has 1 unspecified atom stereocenters. The number of nitrogens with zero attached hydrogens (tertiary/aromatic N) is 1. The lowest BCUT2D eigenvalue weighted by atomic mass is 10.1. The Bertz CT molecular complexity index is 346. The third-order valence-corrected chi connectivity index (χ3v) is 3.77. The van der Waals surface area contributed by atoms with Gasteiger partial charge in [0.05, 0.1) is 5.01 Å². The smallest absolute Gasteiger partial charge is 0.355 e. The Hall–Kier alpha value is -0.900. The predicted octanol–water partition coefficient (Wildman–Crippen LogP) is 3.31. The van der Waals surface area contributed by atoms with Gasteiger partial charge in [-0.25, -0.2) is 9.78 Å². The molecule has 15 heavy (non-hydrogen) atoms. The van der Waals surface area contributed by atoms with Crippen molar-refractivity contribution in [2.75, 3.05) is 0 Å². The van der Waals surface area contributed by atoms with Gasteiger partial charge in [-0.15, -0.1) is 11.3 Å². The SMILES string of the molecule is CCCc1nc(C(=O)O)c(C(C)CC)s1. The van der Waals surface area contributed by atoms with Crippen LogP contribution in [0.2, 0.25) is 0 Å². The van der Waals surface area contributed by atoms with Crippen molar-refractivity contribution in [3.05, 3.63) is 15.6 Å². The first-order chi connectivity index (χ1) is 7.10. The van der Waals surface area contributed by atoms with Crippen molar-refractivity contribution in [1.29, 1.82) is 0 Å². The van der Waals surface area contributed by atoms with Gasteiger partial charge in [-0.2, -0.15) is 0 Å². The van der Waals surface area contributed by atoms with E-state index >= 15 is 0 Å². The van der Waals surface area contributed by atoms with E-state index in [0.29, 0.717) is 5.92 Å². The first kappa shape index (κ1) is 12.2. The number of thiazole rings is 1. The van der Waals surface area contributed by atoms with Gasteiger partial charge in [-0.3, -0.25) is 0 Å². The molecule has 0 aliphatic rings. The topological polar surface area (TPSA) is 50.2 Å². The highest BCUT2D eigenvalue weighted by Gasteiger charge is 2.20. The summed E-state index contributed by atoms with van der Waals surface area (Å²) in [6.45, 7) is 6.19. The summed E-state index contributed by atoms with van der Waals surface area (Å²) in [5.41, 5.74) is 0.262. The van der Waals surface area contributed by atoms with Crippen LogP contribution in [0.3, 0.4) is 0 Å². The fourth-order valence-electron chi connectivity index (χ4n) is 1.37. The molecule has 1 heterocycles. The maximum absolute atomic E-state index is 11.0. The van der Waals surface area contributed by atoms with Crippen molar-refractivity contribution in [2.24, 2.45) is 0 Å². The normalized spacial score (nSPS) is 12.7. The molecule has 0 saturated heterocycles. The molecule has 1 aromatic heterocycles. The van der Waals surface area contributed by atoms with Crippen LogP contribution < -0.4 is 0 Å². The van der Waals surface area contributed by atoms with Crippen LogP contribution in [0.15, 0.2) is 0 Å². The molecule has 1 atom stereocenters. The minimum Gasteiger partial charge on any atom is -0.476 e. The minimum atomic E-state index is -0.899. The lowest BCUT2D eigenvalue weighted by Gasteiger charge is -2.04. The van der Waals surface area contributed by atoms with E-state index in [2.05, 4.69) is 25.8 Å². The largest absolute Gasteiger partial charge is 0.476 e. The van der Waals surface area contributed by atoms with Crippen LogP contribution in [-0.4, -0.2) is 16.1 Å². The molecular weight excluding hydrogens is 210 g/mol. The van der Waals surface area contributed by atoms with Gasteiger partial charge in [0, 0.05) is 4.88 Å². The number of carboxylic acids is 1. The summed E-state index contributed by atoms with van der Waals surface area (Å²) in [5, 5.41) is 9.99. The zero-order valence-corrected chi connectivity index (χ0v) is 10.2. The molecule has 0 saturated carbocycles.